The van der Waals surface area contributed by atoms with E-state index in [-0.39, 0.29) is 6.61 Å². The van der Waals surface area contributed by atoms with E-state index in [0.717, 1.165) is 12.8 Å². The molecular formula is C10H16ClN3O2. The largest absolute Gasteiger partial charge is 0.408 e. The SMILES string of the molecule is OCCN(c1nnc(CCCl)o1)C1CCC1. The van der Waals surface area contributed by atoms with E-state index in [1.54, 1.807) is 0 Å². The monoisotopic (exact) mass is 245 g/mol. The first-order valence-electron chi connectivity index (χ1n) is 5.61. The van der Waals surface area contributed by atoms with E-state index in [4.69, 9.17) is 21.1 Å². The summed E-state index contributed by atoms with van der Waals surface area (Å²) in [5.41, 5.74) is 0. The van der Waals surface area contributed by atoms with Crippen LogP contribution in [-0.4, -0.2) is 40.4 Å². The molecule has 5 nitrogen and oxygen atoms in total. The van der Waals surface area contributed by atoms with Crippen LogP contribution in [0.5, 0.6) is 0 Å². The molecule has 90 valence electrons. The molecule has 0 spiro atoms. The maximum Gasteiger partial charge on any atom is 0.318 e. The van der Waals surface area contributed by atoms with Crippen molar-refractivity contribution in [3.63, 3.8) is 0 Å². The predicted molar refractivity (Wildman–Crippen MR) is 60.8 cm³/mol. The minimum absolute atomic E-state index is 0.101. The van der Waals surface area contributed by atoms with Gasteiger partial charge in [0.05, 0.1) is 6.61 Å². The molecule has 1 fully saturated rings. The second-order valence-corrected chi connectivity index (χ2v) is 4.30. The molecule has 0 aromatic carbocycles. The Labute approximate surface area is 99.4 Å². The van der Waals surface area contributed by atoms with Crippen molar-refractivity contribution in [1.82, 2.24) is 10.2 Å². The number of aryl methyl sites for hydroxylation is 1. The van der Waals surface area contributed by atoms with E-state index >= 15 is 0 Å². The zero-order valence-corrected chi connectivity index (χ0v) is 9.86. The Hall–Kier alpha value is -0.810. The molecule has 1 N–H and O–H groups in total. The number of hydrogen-bond acceptors (Lipinski definition) is 5. The minimum atomic E-state index is 0.101. The number of aliphatic hydroxyl groups excluding tert-OH is 1. The first kappa shape index (κ1) is 11.7. The van der Waals surface area contributed by atoms with Gasteiger partial charge < -0.3 is 14.4 Å². The summed E-state index contributed by atoms with van der Waals surface area (Å²) in [6.07, 6.45) is 4.09. The highest BCUT2D eigenvalue weighted by Crippen LogP contribution is 2.28. The molecule has 2 rings (SSSR count). The van der Waals surface area contributed by atoms with Crippen molar-refractivity contribution in [2.45, 2.75) is 31.7 Å². The van der Waals surface area contributed by atoms with Crippen LogP contribution in [0.2, 0.25) is 0 Å². The smallest absolute Gasteiger partial charge is 0.318 e. The van der Waals surface area contributed by atoms with Gasteiger partial charge in [0.2, 0.25) is 5.89 Å². The Bertz CT molecular complexity index is 328. The van der Waals surface area contributed by atoms with Gasteiger partial charge in [-0.3, -0.25) is 0 Å². The van der Waals surface area contributed by atoms with Crippen LogP contribution in [-0.2, 0) is 6.42 Å². The van der Waals surface area contributed by atoms with Gasteiger partial charge in [0.1, 0.15) is 0 Å². The number of aromatic nitrogens is 2. The van der Waals surface area contributed by atoms with Gasteiger partial charge in [-0.15, -0.1) is 16.7 Å². The number of nitrogens with zero attached hydrogens (tertiary/aromatic N) is 3. The summed E-state index contributed by atoms with van der Waals surface area (Å²) in [7, 11) is 0. The highest BCUT2D eigenvalue weighted by atomic mass is 35.5. The maximum absolute atomic E-state index is 9.02. The average Bonchev–Trinajstić information content (AvgIpc) is 2.63. The van der Waals surface area contributed by atoms with Gasteiger partial charge in [-0.1, -0.05) is 5.10 Å². The van der Waals surface area contributed by atoms with Crippen molar-refractivity contribution < 1.29 is 9.52 Å². The van der Waals surface area contributed by atoms with Crippen LogP contribution in [0.3, 0.4) is 0 Å². The van der Waals surface area contributed by atoms with Crippen LogP contribution in [0.4, 0.5) is 6.01 Å². The van der Waals surface area contributed by atoms with Gasteiger partial charge in [-0.05, 0) is 19.3 Å². The topological polar surface area (TPSA) is 62.4 Å². The van der Waals surface area contributed by atoms with E-state index in [1.807, 2.05) is 4.90 Å². The summed E-state index contributed by atoms with van der Waals surface area (Å²) in [6.45, 7) is 0.650. The second kappa shape index (κ2) is 5.50. The molecule has 1 aliphatic carbocycles. The van der Waals surface area contributed by atoms with Crippen molar-refractivity contribution in [2.75, 3.05) is 23.9 Å². The average molecular weight is 246 g/mol. The van der Waals surface area contributed by atoms with Crippen molar-refractivity contribution in [1.29, 1.82) is 0 Å². The molecule has 0 saturated heterocycles. The summed E-state index contributed by atoms with van der Waals surface area (Å²) >= 11 is 5.61. The molecule has 0 bridgehead atoms. The molecule has 0 radical (unpaired) electrons. The van der Waals surface area contributed by atoms with E-state index in [2.05, 4.69) is 10.2 Å². The van der Waals surface area contributed by atoms with Crippen LogP contribution in [0.15, 0.2) is 4.42 Å². The summed E-state index contributed by atoms with van der Waals surface area (Å²) in [4.78, 5) is 1.99. The Balaban J connectivity index is 2.04. The normalized spacial score (nSPS) is 16.1. The molecule has 1 aliphatic rings. The summed E-state index contributed by atoms with van der Waals surface area (Å²) in [5, 5.41) is 16.9. The summed E-state index contributed by atoms with van der Waals surface area (Å²) < 4.78 is 5.50. The third kappa shape index (κ3) is 2.47. The fraction of sp³-hybridized carbons (Fsp3) is 0.800. The fourth-order valence-electron chi connectivity index (χ4n) is 1.78. The lowest BCUT2D eigenvalue weighted by atomic mass is 9.92. The molecule has 1 heterocycles. The zero-order chi connectivity index (χ0) is 11.4. The number of rotatable bonds is 6. The molecule has 0 aliphatic heterocycles. The summed E-state index contributed by atoms with van der Waals surface area (Å²) in [5.74, 6) is 1.04. The van der Waals surface area contributed by atoms with Gasteiger partial charge in [0.25, 0.3) is 0 Å². The van der Waals surface area contributed by atoms with Gasteiger partial charge in [0.15, 0.2) is 0 Å². The number of anilines is 1. The lowest BCUT2D eigenvalue weighted by Crippen LogP contribution is -2.42. The number of hydrogen-bond donors (Lipinski definition) is 1. The molecule has 1 saturated carbocycles. The third-order valence-electron chi connectivity index (χ3n) is 2.87. The number of alkyl halides is 1. The Kier molecular flexibility index (Phi) is 4.01. The Morgan fingerprint density at radius 3 is 2.81 bits per heavy atom. The molecule has 0 amide bonds. The van der Waals surface area contributed by atoms with Gasteiger partial charge in [-0.2, -0.15) is 0 Å². The van der Waals surface area contributed by atoms with Crippen LogP contribution < -0.4 is 4.90 Å². The second-order valence-electron chi connectivity index (χ2n) is 3.92. The van der Waals surface area contributed by atoms with Crippen LogP contribution in [0.25, 0.3) is 0 Å². The molecule has 1 aromatic rings. The quantitative estimate of drug-likeness (QED) is 0.763. The Morgan fingerprint density at radius 2 is 2.25 bits per heavy atom. The van der Waals surface area contributed by atoms with Crippen LogP contribution in [0.1, 0.15) is 25.2 Å². The highest BCUT2D eigenvalue weighted by Gasteiger charge is 2.28. The van der Waals surface area contributed by atoms with Crippen molar-refractivity contribution in [2.24, 2.45) is 0 Å². The third-order valence-corrected chi connectivity index (χ3v) is 3.06. The zero-order valence-electron chi connectivity index (χ0n) is 9.10. The standard InChI is InChI=1S/C10H16ClN3O2/c11-5-4-9-12-13-10(16-9)14(6-7-15)8-2-1-3-8/h8,15H,1-7H2. The van der Waals surface area contributed by atoms with Crippen LogP contribution >= 0.6 is 11.6 Å². The van der Waals surface area contributed by atoms with E-state index in [9.17, 15) is 0 Å². The van der Waals surface area contributed by atoms with Crippen molar-refractivity contribution in [3.05, 3.63) is 5.89 Å². The molecule has 0 atom stereocenters. The van der Waals surface area contributed by atoms with E-state index in [1.165, 1.54) is 6.42 Å². The first-order valence-corrected chi connectivity index (χ1v) is 6.14. The molecule has 1 aromatic heterocycles. The van der Waals surface area contributed by atoms with Crippen molar-refractivity contribution >= 4 is 17.6 Å². The number of halogens is 1. The number of aliphatic hydroxyl groups is 1. The van der Waals surface area contributed by atoms with E-state index < -0.39 is 0 Å². The highest BCUT2D eigenvalue weighted by molar-refractivity contribution is 6.17. The first-order chi connectivity index (χ1) is 7.85. The lowest BCUT2D eigenvalue weighted by Gasteiger charge is -2.35. The van der Waals surface area contributed by atoms with Crippen molar-refractivity contribution in [3.8, 4) is 0 Å². The fourth-order valence-corrected chi connectivity index (χ4v) is 1.94. The minimum Gasteiger partial charge on any atom is -0.408 e. The molecule has 0 unspecified atom stereocenters. The summed E-state index contributed by atoms with van der Waals surface area (Å²) in [6, 6.07) is 0.954. The predicted octanol–water partition coefficient (Wildman–Crippen LogP) is 1.20. The van der Waals surface area contributed by atoms with E-state index in [0.29, 0.717) is 36.8 Å². The Morgan fingerprint density at radius 1 is 1.44 bits per heavy atom. The molecular weight excluding hydrogens is 230 g/mol. The van der Waals surface area contributed by atoms with Gasteiger partial charge >= 0.3 is 6.01 Å². The molecule has 16 heavy (non-hydrogen) atoms. The molecule has 6 heteroatoms. The maximum atomic E-state index is 9.02. The van der Waals surface area contributed by atoms with Gasteiger partial charge in [0, 0.05) is 24.9 Å². The van der Waals surface area contributed by atoms with Crippen LogP contribution in [0, 0.1) is 0 Å². The lowest BCUT2D eigenvalue weighted by molar-refractivity contribution is 0.276. The van der Waals surface area contributed by atoms with Gasteiger partial charge in [-0.25, -0.2) is 0 Å².